The van der Waals surface area contributed by atoms with Gasteiger partial charge in [0.15, 0.2) is 0 Å². The summed E-state index contributed by atoms with van der Waals surface area (Å²) in [4.78, 5) is 12.7. The van der Waals surface area contributed by atoms with Crippen molar-refractivity contribution in [3.05, 3.63) is 59.7 Å². The van der Waals surface area contributed by atoms with Crippen LogP contribution in [0, 0.1) is 22.7 Å². The topological polar surface area (TPSA) is 50.1 Å². The van der Waals surface area contributed by atoms with E-state index < -0.39 is 0 Å². The molecule has 0 amide bonds. The van der Waals surface area contributed by atoms with Crippen molar-refractivity contribution in [2.24, 2.45) is 11.3 Å². The number of nitriles is 1. The van der Waals surface area contributed by atoms with Crippen LogP contribution in [0.3, 0.4) is 0 Å². The molecular formula is C32H43NO2. The molecule has 0 heterocycles. The Bertz CT molecular complexity index is 947. The van der Waals surface area contributed by atoms with Gasteiger partial charge in [-0.15, -0.1) is 0 Å². The zero-order chi connectivity index (χ0) is 25.1. The molecule has 2 aromatic rings. The molecule has 0 aromatic heterocycles. The van der Waals surface area contributed by atoms with E-state index in [0.29, 0.717) is 11.5 Å². The molecule has 0 spiro atoms. The number of carbonyl (C=O) groups is 1. The van der Waals surface area contributed by atoms with Gasteiger partial charge >= 0.3 is 5.97 Å². The zero-order valence-electron chi connectivity index (χ0n) is 22.0. The highest BCUT2D eigenvalue weighted by Crippen LogP contribution is 2.42. The van der Waals surface area contributed by atoms with Crippen molar-refractivity contribution in [2.75, 3.05) is 0 Å². The molecule has 1 atom stereocenters. The van der Waals surface area contributed by atoms with Crippen LogP contribution < -0.4 is 0 Å². The summed E-state index contributed by atoms with van der Waals surface area (Å²) in [5.41, 5.74) is 4.01. The fraction of sp³-hybridized carbons (Fsp3) is 0.562. The van der Waals surface area contributed by atoms with Crippen LogP contribution >= 0.6 is 0 Å². The van der Waals surface area contributed by atoms with Crippen LogP contribution in [0.15, 0.2) is 48.5 Å². The average Bonchev–Trinajstić information content (AvgIpc) is 2.90. The second kappa shape index (κ2) is 13.5. The van der Waals surface area contributed by atoms with E-state index >= 15 is 0 Å². The Hall–Kier alpha value is -2.60. The SMILES string of the molecule is CCCCCCCc1ccc(-c2ccc(C(=O)OC3CCC(C#N)(C[C@H](C)CC)CC3)cc2)cc1. The molecule has 3 heteroatoms. The molecule has 1 saturated carbocycles. The maximum absolute atomic E-state index is 12.7. The highest BCUT2D eigenvalue weighted by Gasteiger charge is 2.37. The van der Waals surface area contributed by atoms with E-state index in [1.807, 2.05) is 24.3 Å². The zero-order valence-corrected chi connectivity index (χ0v) is 22.0. The van der Waals surface area contributed by atoms with Gasteiger partial charge in [0.2, 0.25) is 0 Å². The molecule has 0 radical (unpaired) electrons. The molecule has 35 heavy (non-hydrogen) atoms. The molecule has 0 bridgehead atoms. The van der Waals surface area contributed by atoms with Crippen molar-refractivity contribution in [3.63, 3.8) is 0 Å². The summed E-state index contributed by atoms with van der Waals surface area (Å²) >= 11 is 0. The van der Waals surface area contributed by atoms with E-state index in [4.69, 9.17) is 4.74 Å². The Labute approximate surface area is 212 Å². The molecule has 3 rings (SSSR count). The second-order valence-corrected chi connectivity index (χ2v) is 10.7. The fourth-order valence-corrected chi connectivity index (χ4v) is 5.25. The summed E-state index contributed by atoms with van der Waals surface area (Å²) in [5.74, 6) is 0.297. The van der Waals surface area contributed by atoms with Crippen LogP contribution in [0.4, 0.5) is 0 Å². The van der Waals surface area contributed by atoms with Gasteiger partial charge in [-0.3, -0.25) is 0 Å². The van der Waals surface area contributed by atoms with E-state index in [1.54, 1.807) is 0 Å². The summed E-state index contributed by atoms with van der Waals surface area (Å²) < 4.78 is 5.82. The quantitative estimate of drug-likeness (QED) is 0.228. The summed E-state index contributed by atoms with van der Waals surface area (Å²) in [5, 5.41) is 9.78. The van der Waals surface area contributed by atoms with Crippen LogP contribution in [-0.4, -0.2) is 12.1 Å². The lowest BCUT2D eigenvalue weighted by Gasteiger charge is -2.36. The van der Waals surface area contributed by atoms with Crippen LogP contribution in [0.5, 0.6) is 0 Å². The van der Waals surface area contributed by atoms with Crippen molar-refractivity contribution in [1.82, 2.24) is 0 Å². The summed E-state index contributed by atoms with van der Waals surface area (Å²) in [7, 11) is 0. The van der Waals surface area contributed by atoms with Gasteiger partial charge in [-0.2, -0.15) is 5.26 Å². The monoisotopic (exact) mass is 473 g/mol. The fourth-order valence-electron chi connectivity index (χ4n) is 5.25. The highest BCUT2D eigenvalue weighted by atomic mass is 16.5. The van der Waals surface area contributed by atoms with Crippen molar-refractivity contribution in [2.45, 2.75) is 104 Å². The first kappa shape index (κ1) is 27.0. The van der Waals surface area contributed by atoms with Gasteiger partial charge in [0.05, 0.1) is 17.0 Å². The number of nitrogens with zero attached hydrogens (tertiary/aromatic N) is 1. The third kappa shape index (κ3) is 7.96. The second-order valence-electron chi connectivity index (χ2n) is 10.7. The van der Waals surface area contributed by atoms with Gasteiger partial charge in [0.1, 0.15) is 6.10 Å². The number of rotatable bonds is 12. The first-order chi connectivity index (χ1) is 17.0. The molecule has 2 aromatic carbocycles. The molecule has 0 unspecified atom stereocenters. The normalized spacial score (nSPS) is 20.7. The third-order valence-electron chi connectivity index (χ3n) is 7.81. The number of ether oxygens (including phenoxy) is 1. The molecule has 0 N–H and O–H groups in total. The molecule has 1 aliphatic rings. The molecule has 0 saturated heterocycles. The minimum absolute atomic E-state index is 0.0879. The minimum atomic E-state index is -0.258. The van der Waals surface area contributed by atoms with Crippen LogP contribution in [-0.2, 0) is 11.2 Å². The van der Waals surface area contributed by atoms with Crippen molar-refractivity contribution >= 4 is 5.97 Å². The number of hydrogen-bond donors (Lipinski definition) is 0. The van der Waals surface area contributed by atoms with E-state index in [2.05, 4.69) is 51.1 Å². The van der Waals surface area contributed by atoms with E-state index in [-0.39, 0.29) is 17.5 Å². The standard InChI is InChI=1S/C32H43NO2/c1-4-6-7-8-9-10-26-11-13-27(14-12-26)28-15-17-29(18-16-28)31(34)35-30-19-21-32(24-33,22-20-30)23-25(3)5-2/h11-18,25,30H,4-10,19-23H2,1-3H3/t25-,30?,32?/m1/s1. The van der Waals surface area contributed by atoms with Crippen molar-refractivity contribution in [1.29, 1.82) is 5.26 Å². The Morgan fingerprint density at radius 2 is 1.57 bits per heavy atom. The largest absolute Gasteiger partial charge is 0.459 e. The molecule has 188 valence electrons. The van der Waals surface area contributed by atoms with Gasteiger partial charge in [0, 0.05) is 0 Å². The van der Waals surface area contributed by atoms with Gasteiger partial charge in [-0.05, 0) is 79.7 Å². The summed E-state index contributed by atoms with van der Waals surface area (Å²) in [6.45, 7) is 6.65. The van der Waals surface area contributed by atoms with Gasteiger partial charge in [-0.1, -0.05) is 89.3 Å². The summed E-state index contributed by atoms with van der Waals surface area (Å²) in [6.07, 6.45) is 12.8. The summed E-state index contributed by atoms with van der Waals surface area (Å²) in [6, 6.07) is 19.1. The smallest absolute Gasteiger partial charge is 0.338 e. The minimum Gasteiger partial charge on any atom is -0.459 e. The lowest BCUT2D eigenvalue weighted by molar-refractivity contribution is 0.00923. The van der Waals surface area contributed by atoms with Crippen LogP contribution in [0.25, 0.3) is 11.1 Å². The predicted molar refractivity (Wildman–Crippen MR) is 144 cm³/mol. The van der Waals surface area contributed by atoms with Crippen molar-refractivity contribution in [3.8, 4) is 17.2 Å². The van der Waals surface area contributed by atoms with E-state index in [0.717, 1.165) is 50.5 Å². The highest BCUT2D eigenvalue weighted by molar-refractivity contribution is 5.90. The first-order valence-corrected chi connectivity index (χ1v) is 13.8. The van der Waals surface area contributed by atoms with Crippen LogP contribution in [0.2, 0.25) is 0 Å². The predicted octanol–water partition coefficient (Wildman–Crippen LogP) is 8.91. The lowest BCUT2D eigenvalue weighted by Crippen LogP contribution is -2.32. The maximum Gasteiger partial charge on any atom is 0.338 e. The van der Waals surface area contributed by atoms with Crippen molar-refractivity contribution < 1.29 is 9.53 Å². The number of unbranched alkanes of at least 4 members (excludes halogenated alkanes) is 4. The number of hydrogen-bond acceptors (Lipinski definition) is 3. The van der Waals surface area contributed by atoms with Gasteiger partial charge in [0.25, 0.3) is 0 Å². The van der Waals surface area contributed by atoms with E-state index in [1.165, 1.54) is 43.2 Å². The average molecular weight is 474 g/mol. The first-order valence-electron chi connectivity index (χ1n) is 13.8. The Balaban J connectivity index is 1.49. The molecule has 0 aliphatic heterocycles. The molecular weight excluding hydrogens is 430 g/mol. The third-order valence-corrected chi connectivity index (χ3v) is 7.81. The Morgan fingerprint density at radius 3 is 2.14 bits per heavy atom. The van der Waals surface area contributed by atoms with Crippen LogP contribution in [0.1, 0.15) is 107 Å². The molecule has 1 aliphatic carbocycles. The molecule has 1 fully saturated rings. The van der Waals surface area contributed by atoms with Gasteiger partial charge < -0.3 is 4.74 Å². The Morgan fingerprint density at radius 1 is 0.971 bits per heavy atom. The number of aryl methyl sites for hydroxylation is 1. The number of carbonyl (C=O) groups excluding carboxylic acids is 1. The molecule has 3 nitrogen and oxygen atoms in total. The number of esters is 1. The van der Waals surface area contributed by atoms with Gasteiger partial charge in [-0.25, -0.2) is 4.79 Å². The Kier molecular flexibility index (Phi) is 10.4. The lowest BCUT2D eigenvalue weighted by atomic mass is 9.69. The number of benzene rings is 2. The maximum atomic E-state index is 12.7. The van der Waals surface area contributed by atoms with E-state index in [9.17, 15) is 10.1 Å².